The Kier molecular flexibility index (Phi) is 6.21. The molecular formula is C20H23N3O5S. The predicted molar refractivity (Wildman–Crippen MR) is 108 cm³/mol. The third kappa shape index (κ3) is 4.42. The summed E-state index contributed by atoms with van der Waals surface area (Å²) in [6, 6.07) is 11.4. The molecule has 3 rings (SSSR count). The number of carbonyl (C=O) groups is 1. The number of benzene rings is 2. The minimum Gasteiger partial charge on any atom is -0.508 e. The molecule has 3 aromatic rings. The number of H-pyrrole nitrogens is 1. The van der Waals surface area contributed by atoms with Gasteiger partial charge in [-0.3, -0.25) is 10.0 Å². The van der Waals surface area contributed by atoms with E-state index in [1.165, 1.54) is 24.3 Å². The number of amides is 1. The Hall–Kier alpha value is -2.88. The molecule has 0 saturated heterocycles. The van der Waals surface area contributed by atoms with Crippen LogP contribution in [0.5, 0.6) is 5.75 Å². The van der Waals surface area contributed by atoms with Gasteiger partial charge in [-0.2, -0.15) is 4.31 Å². The number of hydrogen-bond donors (Lipinski definition) is 4. The van der Waals surface area contributed by atoms with Gasteiger partial charge in [0.2, 0.25) is 10.0 Å². The zero-order valence-electron chi connectivity index (χ0n) is 15.9. The highest BCUT2D eigenvalue weighted by Crippen LogP contribution is 2.26. The number of aromatic amines is 1. The van der Waals surface area contributed by atoms with Gasteiger partial charge in [0, 0.05) is 18.3 Å². The molecule has 2 aromatic carbocycles. The van der Waals surface area contributed by atoms with E-state index >= 15 is 0 Å². The Morgan fingerprint density at radius 3 is 2.55 bits per heavy atom. The molecule has 0 spiro atoms. The van der Waals surface area contributed by atoms with E-state index in [1.54, 1.807) is 17.7 Å². The standard InChI is InChI=1S/C20H23N3O5S/c1-2-3-19(20(25)22-26)23(29(27,28)17-7-5-16(24)6-8-17)13-14-4-9-18-15(12-14)10-11-21-18/h4-12,19,21,24,26H,2-3,13H2,1H3,(H,22,25)/t19-/m1/s1. The number of carbonyl (C=O) groups excluding carboxylic acids is 1. The van der Waals surface area contributed by atoms with Crippen LogP contribution in [0.15, 0.2) is 59.6 Å². The molecule has 0 fully saturated rings. The normalized spacial score (nSPS) is 12.9. The summed E-state index contributed by atoms with van der Waals surface area (Å²) in [6.07, 6.45) is 2.56. The molecular weight excluding hydrogens is 394 g/mol. The maximum atomic E-state index is 13.4. The number of hydroxylamine groups is 1. The molecule has 0 bridgehead atoms. The number of phenols is 1. The van der Waals surface area contributed by atoms with Crippen LogP contribution in [-0.4, -0.2) is 40.0 Å². The van der Waals surface area contributed by atoms with Gasteiger partial charge in [-0.25, -0.2) is 13.9 Å². The van der Waals surface area contributed by atoms with Gasteiger partial charge < -0.3 is 10.1 Å². The van der Waals surface area contributed by atoms with Gasteiger partial charge in [-0.1, -0.05) is 19.4 Å². The van der Waals surface area contributed by atoms with Gasteiger partial charge in [-0.15, -0.1) is 0 Å². The van der Waals surface area contributed by atoms with E-state index in [1.807, 2.05) is 25.1 Å². The fourth-order valence-electron chi connectivity index (χ4n) is 3.25. The van der Waals surface area contributed by atoms with E-state index in [-0.39, 0.29) is 23.6 Å². The van der Waals surface area contributed by atoms with Gasteiger partial charge in [0.15, 0.2) is 0 Å². The van der Waals surface area contributed by atoms with Gasteiger partial charge in [0.1, 0.15) is 11.8 Å². The molecule has 0 aliphatic carbocycles. The highest BCUT2D eigenvalue weighted by molar-refractivity contribution is 7.89. The number of aromatic nitrogens is 1. The Morgan fingerprint density at radius 2 is 1.90 bits per heavy atom. The van der Waals surface area contributed by atoms with E-state index in [0.717, 1.165) is 15.2 Å². The molecule has 1 heterocycles. The van der Waals surface area contributed by atoms with Crippen LogP contribution in [0.3, 0.4) is 0 Å². The number of hydrogen-bond acceptors (Lipinski definition) is 5. The number of nitrogens with one attached hydrogen (secondary N) is 2. The Balaban J connectivity index is 2.06. The van der Waals surface area contributed by atoms with Crippen molar-refractivity contribution in [2.75, 3.05) is 0 Å². The summed E-state index contributed by atoms with van der Waals surface area (Å²) < 4.78 is 27.8. The Labute approximate surface area is 168 Å². The molecule has 29 heavy (non-hydrogen) atoms. The number of phenolic OH excluding ortho intramolecular Hbond substituents is 1. The van der Waals surface area contributed by atoms with Gasteiger partial charge in [-0.05, 0) is 59.8 Å². The fraction of sp³-hybridized carbons (Fsp3) is 0.250. The monoisotopic (exact) mass is 417 g/mol. The predicted octanol–water partition coefficient (Wildman–Crippen LogP) is 2.74. The van der Waals surface area contributed by atoms with Crippen molar-refractivity contribution in [3.8, 4) is 5.75 Å². The average Bonchev–Trinajstić information content (AvgIpc) is 3.18. The van der Waals surface area contributed by atoms with Crippen molar-refractivity contribution < 1.29 is 23.5 Å². The fourth-order valence-corrected chi connectivity index (χ4v) is 4.86. The van der Waals surface area contributed by atoms with Crippen LogP contribution in [0.2, 0.25) is 0 Å². The molecule has 9 heteroatoms. The highest BCUT2D eigenvalue weighted by atomic mass is 32.2. The van der Waals surface area contributed by atoms with Crippen LogP contribution < -0.4 is 5.48 Å². The van der Waals surface area contributed by atoms with Crippen LogP contribution in [-0.2, 0) is 21.4 Å². The third-order valence-corrected chi connectivity index (χ3v) is 6.59. The van der Waals surface area contributed by atoms with Crippen LogP contribution >= 0.6 is 0 Å². The quantitative estimate of drug-likeness (QED) is 0.332. The first kappa shape index (κ1) is 20.8. The largest absolute Gasteiger partial charge is 0.508 e. The summed E-state index contributed by atoms with van der Waals surface area (Å²) in [5, 5.41) is 19.6. The second kappa shape index (κ2) is 8.64. The number of rotatable bonds is 8. The summed E-state index contributed by atoms with van der Waals surface area (Å²) >= 11 is 0. The van der Waals surface area contributed by atoms with Crippen molar-refractivity contribution in [3.05, 3.63) is 60.3 Å². The Bertz CT molecular complexity index is 1090. The maximum Gasteiger partial charge on any atom is 0.261 e. The van der Waals surface area contributed by atoms with E-state index < -0.39 is 22.0 Å². The second-order valence-corrected chi connectivity index (χ2v) is 8.61. The van der Waals surface area contributed by atoms with Gasteiger partial charge in [0.25, 0.3) is 5.91 Å². The van der Waals surface area contributed by atoms with Gasteiger partial charge >= 0.3 is 0 Å². The van der Waals surface area contributed by atoms with Crippen molar-refractivity contribution in [3.63, 3.8) is 0 Å². The number of fused-ring (bicyclic) bond motifs is 1. The molecule has 4 N–H and O–H groups in total. The summed E-state index contributed by atoms with van der Waals surface area (Å²) in [6.45, 7) is 1.78. The van der Waals surface area contributed by atoms with Crippen LogP contribution in [0, 0.1) is 0 Å². The van der Waals surface area contributed by atoms with E-state index in [0.29, 0.717) is 12.0 Å². The number of sulfonamides is 1. The summed E-state index contributed by atoms with van der Waals surface area (Å²) in [5.41, 5.74) is 3.20. The molecule has 0 unspecified atom stereocenters. The first-order valence-corrected chi connectivity index (χ1v) is 10.6. The number of aromatic hydroxyl groups is 1. The minimum atomic E-state index is -4.09. The Morgan fingerprint density at radius 1 is 1.17 bits per heavy atom. The molecule has 0 aliphatic rings. The third-order valence-electron chi connectivity index (χ3n) is 4.72. The molecule has 1 amide bonds. The molecule has 1 aromatic heterocycles. The smallest absolute Gasteiger partial charge is 0.261 e. The van der Waals surface area contributed by atoms with Crippen molar-refractivity contribution in [2.24, 2.45) is 0 Å². The van der Waals surface area contributed by atoms with Crippen molar-refractivity contribution in [1.82, 2.24) is 14.8 Å². The minimum absolute atomic E-state index is 0.0511. The molecule has 8 nitrogen and oxygen atoms in total. The summed E-state index contributed by atoms with van der Waals surface area (Å²) in [4.78, 5) is 15.4. The molecule has 0 radical (unpaired) electrons. The molecule has 0 saturated carbocycles. The molecule has 154 valence electrons. The first-order valence-electron chi connectivity index (χ1n) is 9.17. The van der Waals surface area contributed by atoms with Crippen molar-refractivity contribution >= 4 is 26.8 Å². The van der Waals surface area contributed by atoms with Crippen molar-refractivity contribution in [2.45, 2.75) is 37.2 Å². The lowest BCUT2D eigenvalue weighted by molar-refractivity contribution is -0.133. The van der Waals surface area contributed by atoms with E-state index in [9.17, 15) is 23.5 Å². The lowest BCUT2D eigenvalue weighted by Crippen LogP contribution is -2.48. The second-order valence-electron chi connectivity index (χ2n) is 6.72. The first-order chi connectivity index (χ1) is 13.9. The van der Waals surface area contributed by atoms with Crippen LogP contribution in [0.4, 0.5) is 0 Å². The van der Waals surface area contributed by atoms with Gasteiger partial charge in [0.05, 0.1) is 4.90 Å². The van der Waals surface area contributed by atoms with Crippen LogP contribution in [0.25, 0.3) is 10.9 Å². The topological polar surface area (TPSA) is 123 Å². The van der Waals surface area contributed by atoms with Crippen LogP contribution in [0.1, 0.15) is 25.3 Å². The molecule has 1 atom stereocenters. The van der Waals surface area contributed by atoms with E-state index in [4.69, 9.17) is 0 Å². The maximum absolute atomic E-state index is 13.4. The lowest BCUT2D eigenvalue weighted by Gasteiger charge is -2.29. The zero-order chi connectivity index (χ0) is 21.0. The molecule has 0 aliphatic heterocycles. The highest BCUT2D eigenvalue weighted by Gasteiger charge is 2.35. The number of nitrogens with zero attached hydrogens (tertiary/aromatic N) is 1. The summed E-state index contributed by atoms with van der Waals surface area (Å²) in [5.74, 6) is -0.858. The van der Waals surface area contributed by atoms with E-state index in [2.05, 4.69) is 4.98 Å². The summed E-state index contributed by atoms with van der Waals surface area (Å²) in [7, 11) is -4.09. The van der Waals surface area contributed by atoms with Crippen molar-refractivity contribution in [1.29, 1.82) is 0 Å². The average molecular weight is 417 g/mol. The SMILES string of the molecule is CCC[C@H](C(=O)NO)N(Cc1ccc2[nH]ccc2c1)S(=O)(=O)c1ccc(O)cc1. The zero-order valence-corrected chi connectivity index (χ0v) is 16.7. The lowest BCUT2D eigenvalue weighted by atomic mass is 10.1.